The van der Waals surface area contributed by atoms with E-state index < -0.39 is 5.60 Å². The summed E-state index contributed by atoms with van der Waals surface area (Å²) >= 11 is 0. The standard InChI is InChI=1S/C19H31NO4/c1-4-23-18-11-16(5-6-17(18)24-13-15(2)3)12-20-14-19(21)7-9-22-10-8-19/h5-6,11,15,20-21H,4,7-10,12-14H2,1-3H3. The lowest BCUT2D eigenvalue weighted by Crippen LogP contribution is -2.44. The van der Waals surface area contributed by atoms with Crippen LogP contribution in [0.15, 0.2) is 18.2 Å². The third-order valence-corrected chi connectivity index (χ3v) is 4.09. The zero-order valence-electron chi connectivity index (χ0n) is 15.1. The second kappa shape index (κ2) is 9.25. The van der Waals surface area contributed by atoms with Gasteiger partial charge in [0.1, 0.15) is 0 Å². The highest BCUT2D eigenvalue weighted by molar-refractivity contribution is 5.43. The smallest absolute Gasteiger partial charge is 0.161 e. The Balaban J connectivity index is 1.91. The highest BCUT2D eigenvalue weighted by Crippen LogP contribution is 2.29. The van der Waals surface area contributed by atoms with E-state index in [2.05, 4.69) is 19.2 Å². The zero-order valence-corrected chi connectivity index (χ0v) is 15.1. The molecule has 1 saturated heterocycles. The monoisotopic (exact) mass is 337 g/mol. The Kier molecular flexibility index (Phi) is 7.34. The summed E-state index contributed by atoms with van der Waals surface area (Å²) in [5.74, 6) is 2.04. The van der Waals surface area contributed by atoms with E-state index in [1.54, 1.807) is 0 Å². The first-order chi connectivity index (χ1) is 11.5. The maximum absolute atomic E-state index is 10.5. The van der Waals surface area contributed by atoms with Crippen LogP contribution in [0.2, 0.25) is 0 Å². The fraction of sp³-hybridized carbons (Fsp3) is 0.684. The molecule has 0 aromatic heterocycles. The van der Waals surface area contributed by atoms with Gasteiger partial charge in [0.05, 0.1) is 18.8 Å². The topological polar surface area (TPSA) is 60.0 Å². The molecule has 2 rings (SSSR count). The van der Waals surface area contributed by atoms with Crippen molar-refractivity contribution in [2.45, 2.75) is 45.8 Å². The minimum absolute atomic E-state index is 0.473. The van der Waals surface area contributed by atoms with E-state index in [-0.39, 0.29) is 0 Å². The highest BCUT2D eigenvalue weighted by atomic mass is 16.5. The van der Waals surface area contributed by atoms with Gasteiger partial charge >= 0.3 is 0 Å². The van der Waals surface area contributed by atoms with E-state index in [0.717, 1.165) is 17.1 Å². The summed E-state index contributed by atoms with van der Waals surface area (Å²) in [7, 11) is 0. The third kappa shape index (κ3) is 5.96. The lowest BCUT2D eigenvalue weighted by atomic mass is 9.94. The summed E-state index contributed by atoms with van der Waals surface area (Å²) in [5, 5.41) is 13.8. The fourth-order valence-electron chi connectivity index (χ4n) is 2.67. The van der Waals surface area contributed by atoms with Gasteiger partial charge in [0, 0.05) is 39.1 Å². The second-order valence-corrected chi connectivity index (χ2v) is 6.86. The lowest BCUT2D eigenvalue weighted by Gasteiger charge is -2.32. The van der Waals surface area contributed by atoms with Crippen LogP contribution in [0, 0.1) is 5.92 Å². The molecule has 0 unspecified atom stereocenters. The van der Waals surface area contributed by atoms with Gasteiger partial charge in [-0.05, 0) is 30.5 Å². The van der Waals surface area contributed by atoms with Crippen molar-refractivity contribution in [3.05, 3.63) is 23.8 Å². The van der Waals surface area contributed by atoms with Crippen LogP contribution in [0.5, 0.6) is 11.5 Å². The molecule has 5 nitrogen and oxygen atoms in total. The molecule has 0 saturated carbocycles. The summed E-state index contributed by atoms with van der Waals surface area (Å²) in [6.07, 6.45) is 1.37. The molecule has 2 N–H and O–H groups in total. The molecule has 0 radical (unpaired) electrons. The van der Waals surface area contributed by atoms with Gasteiger partial charge in [-0.3, -0.25) is 0 Å². The Bertz CT molecular complexity index is 498. The van der Waals surface area contributed by atoms with Crippen LogP contribution in [0.4, 0.5) is 0 Å². The van der Waals surface area contributed by atoms with Gasteiger partial charge in [-0.2, -0.15) is 0 Å². The van der Waals surface area contributed by atoms with Crippen molar-refractivity contribution in [3.63, 3.8) is 0 Å². The molecule has 0 bridgehead atoms. The van der Waals surface area contributed by atoms with Crippen LogP contribution in [-0.4, -0.2) is 43.7 Å². The Morgan fingerprint density at radius 3 is 2.62 bits per heavy atom. The van der Waals surface area contributed by atoms with Crippen molar-refractivity contribution in [2.75, 3.05) is 33.0 Å². The predicted octanol–water partition coefficient (Wildman–Crippen LogP) is 2.75. The Labute approximate surface area is 145 Å². The largest absolute Gasteiger partial charge is 0.490 e. The first-order valence-electron chi connectivity index (χ1n) is 8.92. The van der Waals surface area contributed by atoms with E-state index in [0.29, 0.717) is 58.3 Å². The van der Waals surface area contributed by atoms with Crippen molar-refractivity contribution in [1.29, 1.82) is 0 Å². The zero-order chi connectivity index (χ0) is 17.4. The quantitative estimate of drug-likeness (QED) is 0.725. The minimum atomic E-state index is -0.651. The Morgan fingerprint density at radius 2 is 1.96 bits per heavy atom. The average Bonchev–Trinajstić information content (AvgIpc) is 2.55. The van der Waals surface area contributed by atoms with Crippen molar-refractivity contribution >= 4 is 0 Å². The molecule has 136 valence electrons. The number of ether oxygens (including phenoxy) is 3. The summed E-state index contributed by atoms with van der Waals surface area (Å²) < 4.78 is 16.8. The van der Waals surface area contributed by atoms with Gasteiger partial charge in [-0.1, -0.05) is 19.9 Å². The molecule has 1 aromatic rings. The molecule has 1 fully saturated rings. The number of nitrogens with one attached hydrogen (secondary N) is 1. The van der Waals surface area contributed by atoms with Gasteiger partial charge in [0.2, 0.25) is 0 Å². The van der Waals surface area contributed by atoms with E-state index in [1.807, 2.05) is 25.1 Å². The van der Waals surface area contributed by atoms with Crippen molar-refractivity contribution in [1.82, 2.24) is 5.32 Å². The van der Waals surface area contributed by atoms with Crippen molar-refractivity contribution < 1.29 is 19.3 Å². The molecule has 0 spiro atoms. The van der Waals surface area contributed by atoms with Crippen molar-refractivity contribution in [3.8, 4) is 11.5 Å². The molecule has 1 aliphatic rings. The van der Waals surface area contributed by atoms with Crippen LogP contribution in [0.25, 0.3) is 0 Å². The predicted molar refractivity (Wildman–Crippen MR) is 94.7 cm³/mol. The molecular weight excluding hydrogens is 306 g/mol. The highest BCUT2D eigenvalue weighted by Gasteiger charge is 2.29. The van der Waals surface area contributed by atoms with Gasteiger partial charge < -0.3 is 24.6 Å². The molecule has 0 amide bonds. The normalized spacial score (nSPS) is 17.0. The lowest BCUT2D eigenvalue weighted by molar-refractivity contribution is -0.0617. The maximum Gasteiger partial charge on any atom is 0.161 e. The van der Waals surface area contributed by atoms with Crippen molar-refractivity contribution in [2.24, 2.45) is 5.92 Å². The number of benzene rings is 1. The maximum atomic E-state index is 10.5. The van der Waals surface area contributed by atoms with Crippen LogP contribution in [-0.2, 0) is 11.3 Å². The molecule has 1 heterocycles. The van der Waals surface area contributed by atoms with E-state index in [4.69, 9.17) is 14.2 Å². The molecule has 0 atom stereocenters. The van der Waals surface area contributed by atoms with Gasteiger partial charge in [0.25, 0.3) is 0 Å². The van der Waals surface area contributed by atoms with Crippen LogP contribution in [0.1, 0.15) is 39.2 Å². The molecule has 1 aromatic carbocycles. The summed E-state index contributed by atoms with van der Waals surface area (Å²) in [5.41, 5.74) is 0.465. The number of hydrogen-bond donors (Lipinski definition) is 2. The molecular formula is C19H31NO4. The Hall–Kier alpha value is -1.30. The molecule has 0 aliphatic carbocycles. The van der Waals surface area contributed by atoms with Gasteiger partial charge in [-0.25, -0.2) is 0 Å². The van der Waals surface area contributed by atoms with Crippen LogP contribution < -0.4 is 14.8 Å². The minimum Gasteiger partial charge on any atom is -0.490 e. The number of rotatable bonds is 9. The molecule has 24 heavy (non-hydrogen) atoms. The first kappa shape index (κ1) is 19.0. The number of aliphatic hydroxyl groups is 1. The van der Waals surface area contributed by atoms with Crippen LogP contribution >= 0.6 is 0 Å². The third-order valence-electron chi connectivity index (χ3n) is 4.09. The Morgan fingerprint density at radius 1 is 1.21 bits per heavy atom. The summed E-state index contributed by atoms with van der Waals surface area (Å²) in [4.78, 5) is 0. The van der Waals surface area contributed by atoms with E-state index in [1.165, 1.54) is 0 Å². The van der Waals surface area contributed by atoms with Crippen LogP contribution in [0.3, 0.4) is 0 Å². The van der Waals surface area contributed by atoms with Gasteiger partial charge in [-0.15, -0.1) is 0 Å². The SMILES string of the molecule is CCOc1cc(CNCC2(O)CCOCC2)ccc1OCC(C)C. The first-order valence-corrected chi connectivity index (χ1v) is 8.92. The number of hydrogen-bond acceptors (Lipinski definition) is 5. The van der Waals surface area contributed by atoms with E-state index in [9.17, 15) is 5.11 Å². The fourth-order valence-corrected chi connectivity index (χ4v) is 2.67. The summed E-state index contributed by atoms with van der Waals surface area (Å²) in [6, 6.07) is 6.02. The average molecular weight is 337 g/mol. The van der Waals surface area contributed by atoms with E-state index >= 15 is 0 Å². The summed E-state index contributed by atoms with van der Waals surface area (Å²) in [6.45, 7) is 10.0. The molecule has 5 heteroatoms. The van der Waals surface area contributed by atoms with Gasteiger partial charge in [0.15, 0.2) is 11.5 Å². The molecule has 1 aliphatic heterocycles. The second-order valence-electron chi connectivity index (χ2n) is 6.86.